The van der Waals surface area contributed by atoms with Crippen molar-refractivity contribution in [3.05, 3.63) is 30.3 Å². The van der Waals surface area contributed by atoms with E-state index in [-0.39, 0.29) is 24.5 Å². The number of carbonyl (C=O) groups is 1. The van der Waals surface area contributed by atoms with Gasteiger partial charge in [0.25, 0.3) is 0 Å². The van der Waals surface area contributed by atoms with Gasteiger partial charge in [-0.05, 0) is 18.1 Å². The van der Waals surface area contributed by atoms with Gasteiger partial charge in [0.2, 0.25) is 5.91 Å². The van der Waals surface area contributed by atoms with Crippen molar-refractivity contribution in [1.82, 2.24) is 5.32 Å². The second-order valence-corrected chi connectivity index (χ2v) is 5.25. The Hall–Kier alpha value is -1.00. The average Bonchev–Trinajstić information content (AvgIpc) is 2.34. The number of amides is 1. The Morgan fingerprint density at radius 3 is 2.53 bits per heavy atom. The maximum atomic E-state index is 11.6. The first-order valence-corrected chi connectivity index (χ1v) is 6.70. The molecule has 1 rings (SSSR count). The van der Waals surface area contributed by atoms with Crippen LogP contribution in [-0.2, 0) is 4.79 Å². The van der Waals surface area contributed by atoms with Crippen LogP contribution in [0.2, 0.25) is 0 Å². The smallest absolute Gasteiger partial charge is 0.230 e. The molecule has 0 spiro atoms. The zero-order valence-electron chi connectivity index (χ0n) is 10.2. The average molecular weight is 253 g/mol. The van der Waals surface area contributed by atoms with Gasteiger partial charge in [-0.1, -0.05) is 32.0 Å². The van der Waals surface area contributed by atoms with Gasteiger partial charge >= 0.3 is 0 Å². The van der Waals surface area contributed by atoms with Crippen LogP contribution in [-0.4, -0.2) is 29.4 Å². The predicted octanol–water partition coefficient (Wildman–Crippen LogP) is 1.91. The van der Waals surface area contributed by atoms with Gasteiger partial charge in [0.15, 0.2) is 0 Å². The zero-order chi connectivity index (χ0) is 12.7. The highest BCUT2D eigenvalue weighted by atomic mass is 32.2. The summed E-state index contributed by atoms with van der Waals surface area (Å²) in [5, 5.41) is 11.9. The first kappa shape index (κ1) is 14.1. The first-order chi connectivity index (χ1) is 8.13. The molecular weight excluding hydrogens is 234 g/mol. The van der Waals surface area contributed by atoms with Crippen LogP contribution >= 0.6 is 11.8 Å². The zero-order valence-corrected chi connectivity index (χ0v) is 11.0. The molecule has 0 aliphatic heterocycles. The highest BCUT2D eigenvalue weighted by Gasteiger charge is 2.14. The number of aliphatic hydroxyl groups is 1. The molecule has 4 heteroatoms. The van der Waals surface area contributed by atoms with Crippen molar-refractivity contribution in [3.8, 4) is 0 Å². The lowest BCUT2D eigenvalue weighted by atomic mass is 10.1. The summed E-state index contributed by atoms with van der Waals surface area (Å²) in [4.78, 5) is 12.7. The number of rotatable bonds is 6. The van der Waals surface area contributed by atoms with Gasteiger partial charge in [0.05, 0.1) is 18.4 Å². The normalized spacial score (nSPS) is 12.5. The third-order valence-corrected chi connectivity index (χ3v) is 3.47. The molecule has 0 radical (unpaired) electrons. The monoisotopic (exact) mass is 253 g/mol. The molecule has 0 heterocycles. The van der Waals surface area contributed by atoms with Crippen LogP contribution in [0.25, 0.3) is 0 Å². The van der Waals surface area contributed by atoms with Crippen LogP contribution in [0.1, 0.15) is 13.8 Å². The van der Waals surface area contributed by atoms with Crippen LogP contribution in [0, 0.1) is 5.92 Å². The number of thioether (sulfide) groups is 1. The number of carbonyl (C=O) groups excluding carboxylic acids is 1. The fourth-order valence-electron chi connectivity index (χ4n) is 1.34. The summed E-state index contributed by atoms with van der Waals surface area (Å²) in [6.45, 7) is 3.94. The summed E-state index contributed by atoms with van der Waals surface area (Å²) >= 11 is 1.50. The molecule has 0 unspecified atom stereocenters. The molecule has 0 aliphatic rings. The fourth-order valence-corrected chi connectivity index (χ4v) is 2.07. The molecule has 2 N–H and O–H groups in total. The molecule has 1 aromatic carbocycles. The van der Waals surface area contributed by atoms with E-state index in [1.54, 1.807) is 0 Å². The van der Waals surface area contributed by atoms with Crippen LogP contribution < -0.4 is 5.32 Å². The van der Waals surface area contributed by atoms with Gasteiger partial charge in [-0.2, -0.15) is 0 Å². The minimum absolute atomic E-state index is 0.0145. The Balaban J connectivity index is 2.35. The lowest BCUT2D eigenvalue weighted by Crippen LogP contribution is -2.41. The van der Waals surface area contributed by atoms with E-state index < -0.39 is 0 Å². The molecule has 1 atom stereocenters. The lowest BCUT2D eigenvalue weighted by Gasteiger charge is -2.19. The number of nitrogens with one attached hydrogen (secondary N) is 1. The number of hydrogen-bond donors (Lipinski definition) is 2. The first-order valence-electron chi connectivity index (χ1n) is 5.71. The molecular formula is C13H19NO2S. The molecule has 17 heavy (non-hydrogen) atoms. The van der Waals surface area contributed by atoms with E-state index >= 15 is 0 Å². The quantitative estimate of drug-likeness (QED) is 0.761. The number of aliphatic hydroxyl groups excluding tert-OH is 1. The van der Waals surface area contributed by atoms with Gasteiger partial charge in [0.1, 0.15) is 0 Å². The van der Waals surface area contributed by atoms with E-state index in [9.17, 15) is 4.79 Å². The molecule has 1 aromatic rings. The van der Waals surface area contributed by atoms with E-state index in [4.69, 9.17) is 5.11 Å². The second kappa shape index (κ2) is 7.35. The van der Waals surface area contributed by atoms with Crippen molar-refractivity contribution in [2.75, 3.05) is 12.4 Å². The third-order valence-electron chi connectivity index (χ3n) is 2.46. The molecule has 0 fully saturated rings. The van der Waals surface area contributed by atoms with E-state index in [1.165, 1.54) is 11.8 Å². The summed E-state index contributed by atoms with van der Waals surface area (Å²) in [7, 11) is 0. The van der Waals surface area contributed by atoms with Crippen molar-refractivity contribution in [1.29, 1.82) is 0 Å². The lowest BCUT2D eigenvalue weighted by molar-refractivity contribution is -0.119. The third kappa shape index (κ3) is 5.24. The molecule has 0 saturated heterocycles. The maximum absolute atomic E-state index is 11.6. The molecule has 0 aromatic heterocycles. The van der Waals surface area contributed by atoms with Gasteiger partial charge in [0, 0.05) is 4.90 Å². The molecule has 0 saturated carbocycles. The van der Waals surface area contributed by atoms with E-state index in [2.05, 4.69) is 5.32 Å². The van der Waals surface area contributed by atoms with Gasteiger partial charge in [-0.3, -0.25) is 4.79 Å². The summed E-state index contributed by atoms with van der Waals surface area (Å²) in [5.41, 5.74) is 0. The highest BCUT2D eigenvalue weighted by molar-refractivity contribution is 8.00. The Morgan fingerprint density at radius 2 is 2.00 bits per heavy atom. The molecule has 3 nitrogen and oxygen atoms in total. The second-order valence-electron chi connectivity index (χ2n) is 4.20. The minimum atomic E-state index is -0.154. The minimum Gasteiger partial charge on any atom is -0.394 e. The van der Waals surface area contributed by atoms with Crippen molar-refractivity contribution in [2.24, 2.45) is 5.92 Å². The largest absolute Gasteiger partial charge is 0.394 e. The topological polar surface area (TPSA) is 49.3 Å². The van der Waals surface area contributed by atoms with Crippen LogP contribution in [0.4, 0.5) is 0 Å². The molecule has 0 bridgehead atoms. The fraction of sp³-hybridized carbons (Fsp3) is 0.462. The number of benzene rings is 1. The Kier molecular flexibility index (Phi) is 6.08. The molecule has 1 amide bonds. The predicted molar refractivity (Wildman–Crippen MR) is 71.0 cm³/mol. The molecule has 0 aliphatic carbocycles. The van der Waals surface area contributed by atoms with Crippen molar-refractivity contribution < 1.29 is 9.90 Å². The molecule has 94 valence electrons. The summed E-state index contributed by atoms with van der Waals surface area (Å²) < 4.78 is 0. The van der Waals surface area contributed by atoms with Gasteiger partial charge in [-0.25, -0.2) is 0 Å². The number of hydrogen-bond acceptors (Lipinski definition) is 3. The van der Waals surface area contributed by atoms with Crippen molar-refractivity contribution in [3.63, 3.8) is 0 Å². The SMILES string of the molecule is CC(C)[C@@H](CO)NC(=O)CSc1ccccc1. The standard InChI is InChI=1S/C13H19NO2S/c1-10(2)12(8-15)14-13(16)9-17-11-6-4-3-5-7-11/h3-7,10,12,15H,8-9H2,1-2H3,(H,14,16)/t12-/m1/s1. The van der Waals surface area contributed by atoms with Crippen LogP contribution in [0.3, 0.4) is 0 Å². The van der Waals surface area contributed by atoms with Gasteiger partial charge < -0.3 is 10.4 Å². The van der Waals surface area contributed by atoms with Crippen LogP contribution in [0.5, 0.6) is 0 Å². The van der Waals surface area contributed by atoms with E-state index in [0.29, 0.717) is 5.75 Å². The maximum Gasteiger partial charge on any atom is 0.230 e. The Labute approximate surface area is 107 Å². The highest BCUT2D eigenvalue weighted by Crippen LogP contribution is 2.16. The van der Waals surface area contributed by atoms with Gasteiger partial charge in [-0.15, -0.1) is 11.8 Å². The van der Waals surface area contributed by atoms with Crippen molar-refractivity contribution >= 4 is 17.7 Å². The van der Waals surface area contributed by atoms with E-state index in [0.717, 1.165) is 4.90 Å². The summed E-state index contributed by atoms with van der Waals surface area (Å²) in [6, 6.07) is 9.65. The van der Waals surface area contributed by atoms with E-state index in [1.807, 2.05) is 44.2 Å². The Morgan fingerprint density at radius 1 is 1.35 bits per heavy atom. The summed E-state index contributed by atoms with van der Waals surface area (Å²) in [6.07, 6.45) is 0. The Bertz CT molecular complexity index is 341. The summed E-state index contributed by atoms with van der Waals surface area (Å²) in [5.74, 6) is 0.588. The van der Waals surface area contributed by atoms with Crippen LogP contribution in [0.15, 0.2) is 35.2 Å². The van der Waals surface area contributed by atoms with Crippen molar-refractivity contribution in [2.45, 2.75) is 24.8 Å².